The fourth-order valence-corrected chi connectivity index (χ4v) is 2.63. The summed E-state index contributed by atoms with van der Waals surface area (Å²) in [6.45, 7) is 7.97. The number of hydrogen-bond acceptors (Lipinski definition) is 6. The van der Waals surface area contributed by atoms with Gasteiger partial charge in [-0.1, -0.05) is 24.3 Å². The zero-order chi connectivity index (χ0) is 21.4. The number of pyridine rings is 1. The van der Waals surface area contributed by atoms with Crippen molar-refractivity contribution in [2.75, 3.05) is 13.7 Å². The summed E-state index contributed by atoms with van der Waals surface area (Å²) in [4.78, 5) is 27.9. The van der Waals surface area contributed by atoms with Gasteiger partial charge >= 0.3 is 12.1 Å². The van der Waals surface area contributed by atoms with Gasteiger partial charge < -0.3 is 19.5 Å². The molecule has 2 rings (SSSR count). The molecule has 0 unspecified atom stereocenters. The van der Waals surface area contributed by atoms with E-state index >= 15 is 0 Å². The maximum atomic E-state index is 12.0. The number of nitrogens with zero attached hydrogens (tertiary/aromatic N) is 1. The Morgan fingerprint density at radius 1 is 1.14 bits per heavy atom. The average Bonchev–Trinajstić information content (AvgIpc) is 2.66. The molecule has 1 aromatic carbocycles. The third kappa shape index (κ3) is 7.10. The number of carbonyl (C=O) groups is 2. The van der Waals surface area contributed by atoms with Crippen LogP contribution in [0.1, 0.15) is 38.8 Å². The molecule has 0 saturated carbocycles. The van der Waals surface area contributed by atoms with Crippen molar-refractivity contribution in [2.24, 2.45) is 0 Å². The molecule has 1 aromatic heterocycles. The Morgan fingerprint density at radius 2 is 1.90 bits per heavy atom. The second kappa shape index (κ2) is 9.91. The van der Waals surface area contributed by atoms with Crippen molar-refractivity contribution in [1.82, 2.24) is 10.3 Å². The monoisotopic (exact) mass is 400 g/mol. The molecule has 0 saturated heterocycles. The van der Waals surface area contributed by atoms with Crippen LogP contribution in [0.3, 0.4) is 0 Å². The first kappa shape index (κ1) is 22.2. The first-order valence-electron chi connectivity index (χ1n) is 9.46. The molecule has 1 heterocycles. The zero-order valence-electron chi connectivity index (χ0n) is 17.6. The van der Waals surface area contributed by atoms with E-state index < -0.39 is 11.7 Å². The molecule has 1 amide bonds. The number of amides is 1. The van der Waals surface area contributed by atoms with E-state index in [4.69, 9.17) is 14.2 Å². The highest BCUT2D eigenvalue weighted by atomic mass is 16.6. The first-order chi connectivity index (χ1) is 13.7. The second-order valence-electron chi connectivity index (χ2n) is 7.43. The summed E-state index contributed by atoms with van der Waals surface area (Å²) in [5.41, 5.74) is 2.75. The number of alkyl carbamates (subject to hydrolysis) is 1. The lowest BCUT2D eigenvalue weighted by molar-refractivity contribution is -0.139. The van der Waals surface area contributed by atoms with E-state index in [0.29, 0.717) is 12.5 Å². The molecule has 0 fully saturated rings. The van der Waals surface area contributed by atoms with Crippen molar-refractivity contribution < 1.29 is 23.8 Å². The fraction of sp³-hybridized carbons (Fsp3) is 0.409. The van der Waals surface area contributed by atoms with Crippen molar-refractivity contribution in [2.45, 2.75) is 46.3 Å². The lowest BCUT2D eigenvalue weighted by atomic mass is 10.0. The van der Waals surface area contributed by atoms with Crippen LogP contribution in [-0.2, 0) is 27.2 Å². The molecule has 2 aromatic rings. The SMILES string of the molecule is CCOc1ncc(-c2cccc(CC(=O)OC)c2)cc1CNC(=O)OC(C)(C)C. The third-order valence-electron chi connectivity index (χ3n) is 3.86. The number of rotatable bonds is 7. The highest BCUT2D eigenvalue weighted by Crippen LogP contribution is 2.25. The topological polar surface area (TPSA) is 86.8 Å². The Morgan fingerprint density at radius 3 is 2.55 bits per heavy atom. The van der Waals surface area contributed by atoms with Crippen molar-refractivity contribution in [3.05, 3.63) is 47.7 Å². The first-order valence-corrected chi connectivity index (χ1v) is 9.46. The van der Waals surface area contributed by atoms with Gasteiger partial charge in [0.2, 0.25) is 5.88 Å². The fourth-order valence-electron chi connectivity index (χ4n) is 2.63. The van der Waals surface area contributed by atoms with E-state index in [1.807, 2.05) is 58.0 Å². The van der Waals surface area contributed by atoms with Gasteiger partial charge in [-0.25, -0.2) is 9.78 Å². The molecule has 0 spiro atoms. The zero-order valence-corrected chi connectivity index (χ0v) is 17.6. The van der Waals surface area contributed by atoms with Gasteiger partial charge in [0.05, 0.1) is 26.7 Å². The molecular weight excluding hydrogens is 372 g/mol. The molecule has 7 nitrogen and oxygen atoms in total. The van der Waals surface area contributed by atoms with E-state index in [2.05, 4.69) is 10.3 Å². The van der Waals surface area contributed by atoms with E-state index in [9.17, 15) is 9.59 Å². The van der Waals surface area contributed by atoms with Gasteiger partial charge in [-0.2, -0.15) is 0 Å². The van der Waals surface area contributed by atoms with E-state index in [0.717, 1.165) is 22.3 Å². The van der Waals surface area contributed by atoms with Crippen LogP contribution in [0.2, 0.25) is 0 Å². The molecule has 0 atom stereocenters. The van der Waals surface area contributed by atoms with Crippen LogP contribution in [0, 0.1) is 0 Å². The summed E-state index contributed by atoms with van der Waals surface area (Å²) < 4.78 is 15.6. The highest BCUT2D eigenvalue weighted by molar-refractivity contribution is 5.74. The van der Waals surface area contributed by atoms with Gasteiger partial charge in [-0.15, -0.1) is 0 Å². The van der Waals surface area contributed by atoms with Crippen LogP contribution in [0.15, 0.2) is 36.5 Å². The van der Waals surface area contributed by atoms with Crippen molar-refractivity contribution >= 4 is 12.1 Å². The molecule has 156 valence electrons. The van der Waals surface area contributed by atoms with E-state index in [1.54, 1.807) is 6.20 Å². The molecule has 7 heteroatoms. The summed E-state index contributed by atoms with van der Waals surface area (Å²) in [6.07, 6.45) is 1.39. The van der Waals surface area contributed by atoms with E-state index in [1.165, 1.54) is 7.11 Å². The van der Waals surface area contributed by atoms with Crippen LogP contribution in [0.25, 0.3) is 11.1 Å². The predicted molar refractivity (Wildman–Crippen MR) is 110 cm³/mol. The molecule has 0 radical (unpaired) electrons. The summed E-state index contributed by atoms with van der Waals surface area (Å²) in [5.74, 6) is 0.159. The molecule has 1 N–H and O–H groups in total. The Hall–Kier alpha value is -3.09. The molecular formula is C22H28N2O5. The summed E-state index contributed by atoms with van der Waals surface area (Å²) >= 11 is 0. The van der Waals surface area contributed by atoms with Gasteiger partial charge in [-0.05, 0) is 44.9 Å². The Bertz CT molecular complexity index is 859. The molecule has 0 bridgehead atoms. The number of ether oxygens (including phenoxy) is 3. The number of methoxy groups -OCH3 is 1. The minimum atomic E-state index is -0.576. The molecule has 0 aliphatic rings. The van der Waals surface area contributed by atoms with Crippen LogP contribution in [-0.4, -0.2) is 36.4 Å². The quantitative estimate of drug-likeness (QED) is 0.710. The number of carbonyl (C=O) groups excluding carboxylic acids is 2. The van der Waals surface area contributed by atoms with Crippen molar-refractivity contribution in [3.8, 4) is 17.0 Å². The maximum absolute atomic E-state index is 12.0. The normalized spacial score (nSPS) is 10.9. The maximum Gasteiger partial charge on any atom is 0.407 e. The number of hydrogen-bond donors (Lipinski definition) is 1. The average molecular weight is 400 g/mol. The molecule has 0 aliphatic heterocycles. The van der Waals surface area contributed by atoms with Crippen LogP contribution in [0.5, 0.6) is 5.88 Å². The van der Waals surface area contributed by atoms with Gasteiger partial charge in [0.25, 0.3) is 0 Å². The minimum Gasteiger partial charge on any atom is -0.478 e. The van der Waals surface area contributed by atoms with E-state index in [-0.39, 0.29) is 18.9 Å². The Labute approximate surface area is 171 Å². The Kier molecular flexibility index (Phi) is 7.59. The number of esters is 1. The number of aromatic nitrogens is 1. The van der Waals surface area contributed by atoms with Gasteiger partial charge in [0.1, 0.15) is 5.60 Å². The summed E-state index contributed by atoms with van der Waals surface area (Å²) in [5, 5.41) is 2.74. The summed E-state index contributed by atoms with van der Waals surface area (Å²) in [6, 6.07) is 9.51. The largest absolute Gasteiger partial charge is 0.478 e. The molecule has 29 heavy (non-hydrogen) atoms. The van der Waals surface area contributed by atoms with Gasteiger partial charge in [0, 0.05) is 17.3 Å². The summed E-state index contributed by atoms with van der Waals surface area (Å²) in [7, 11) is 1.37. The van der Waals surface area contributed by atoms with Gasteiger partial charge in [-0.3, -0.25) is 4.79 Å². The number of nitrogens with one attached hydrogen (secondary N) is 1. The van der Waals surface area contributed by atoms with Crippen LogP contribution in [0.4, 0.5) is 4.79 Å². The third-order valence-corrected chi connectivity index (χ3v) is 3.86. The van der Waals surface area contributed by atoms with Crippen LogP contribution < -0.4 is 10.1 Å². The lowest BCUT2D eigenvalue weighted by Crippen LogP contribution is -2.32. The van der Waals surface area contributed by atoms with Crippen molar-refractivity contribution in [3.63, 3.8) is 0 Å². The van der Waals surface area contributed by atoms with Crippen LogP contribution >= 0.6 is 0 Å². The lowest BCUT2D eigenvalue weighted by Gasteiger charge is -2.20. The van der Waals surface area contributed by atoms with Gasteiger partial charge in [0.15, 0.2) is 0 Å². The van der Waals surface area contributed by atoms with Crippen molar-refractivity contribution in [1.29, 1.82) is 0 Å². The predicted octanol–water partition coefficient (Wildman–Crippen LogP) is 3.89. The number of benzene rings is 1. The minimum absolute atomic E-state index is 0.196. The standard InChI is InChI=1S/C22H28N2O5/c1-6-28-20-18(14-24-21(26)29-22(2,3)4)12-17(13-23-20)16-9-7-8-15(10-16)11-19(25)27-5/h7-10,12-13H,6,11,14H2,1-5H3,(H,24,26). The smallest absolute Gasteiger partial charge is 0.407 e. The second-order valence-corrected chi connectivity index (χ2v) is 7.43. The highest BCUT2D eigenvalue weighted by Gasteiger charge is 2.17. The Balaban J connectivity index is 2.24. The molecule has 0 aliphatic carbocycles.